The van der Waals surface area contributed by atoms with E-state index in [0.717, 1.165) is 16.7 Å². The highest BCUT2D eigenvalue weighted by Crippen LogP contribution is 2.22. The van der Waals surface area contributed by atoms with Gasteiger partial charge >= 0.3 is 0 Å². The average molecular weight is 508 g/mol. The fourth-order valence-corrected chi connectivity index (χ4v) is 3.79. The van der Waals surface area contributed by atoms with Crippen LogP contribution in [0.5, 0.6) is 0 Å². The van der Waals surface area contributed by atoms with Crippen LogP contribution >= 0.6 is 11.8 Å². The number of hydrogen-bond acceptors (Lipinski definition) is 7. The van der Waals surface area contributed by atoms with E-state index in [0.29, 0.717) is 17.8 Å². The summed E-state index contributed by atoms with van der Waals surface area (Å²) in [5, 5.41) is 17.2. The van der Waals surface area contributed by atoms with Gasteiger partial charge in [0.05, 0.1) is 6.54 Å². The van der Waals surface area contributed by atoms with Crippen molar-refractivity contribution < 1.29 is 19.6 Å². The van der Waals surface area contributed by atoms with E-state index in [4.69, 9.17) is 10.9 Å². The zero-order valence-electron chi connectivity index (χ0n) is 19.8. The van der Waals surface area contributed by atoms with E-state index >= 15 is 0 Å². The summed E-state index contributed by atoms with van der Waals surface area (Å²) in [6.45, 7) is 0.651. The summed E-state index contributed by atoms with van der Waals surface area (Å²) in [5.74, 6) is -1.40. The van der Waals surface area contributed by atoms with E-state index in [2.05, 4.69) is 28.1 Å². The second kappa shape index (κ2) is 13.4. The van der Waals surface area contributed by atoms with Crippen molar-refractivity contribution >= 4 is 35.2 Å². The Labute approximate surface area is 213 Å². The molecule has 0 saturated heterocycles. The molecule has 3 rings (SSSR count). The van der Waals surface area contributed by atoms with Gasteiger partial charge in [-0.1, -0.05) is 36.4 Å². The molecule has 0 bridgehead atoms. The maximum Gasteiger partial charge on any atom is 0.267 e. The van der Waals surface area contributed by atoms with Gasteiger partial charge < -0.3 is 21.7 Å². The van der Waals surface area contributed by atoms with Crippen LogP contribution in [-0.2, 0) is 16.1 Å². The molecule has 3 aromatic carbocycles. The Morgan fingerprint density at radius 3 is 2.08 bits per heavy atom. The molecule has 0 spiro atoms. The molecule has 0 aromatic heterocycles. The third-order valence-electron chi connectivity index (χ3n) is 5.39. The predicted molar refractivity (Wildman–Crippen MR) is 141 cm³/mol. The number of hydroxylamine groups is 1. The van der Waals surface area contributed by atoms with Crippen molar-refractivity contribution in [2.75, 3.05) is 24.7 Å². The molecule has 0 unspecified atom stereocenters. The van der Waals surface area contributed by atoms with Gasteiger partial charge in [0, 0.05) is 29.2 Å². The average Bonchev–Trinajstić information content (AvgIpc) is 2.92. The van der Waals surface area contributed by atoms with Crippen LogP contribution in [0.4, 0.5) is 5.69 Å². The monoisotopic (exact) mass is 507 g/mol. The summed E-state index contributed by atoms with van der Waals surface area (Å²) in [5.41, 5.74) is 10.9. The first-order chi connectivity index (χ1) is 17.4. The van der Waals surface area contributed by atoms with Gasteiger partial charge in [0.1, 0.15) is 6.04 Å². The van der Waals surface area contributed by atoms with Crippen molar-refractivity contribution in [3.63, 3.8) is 0 Å². The van der Waals surface area contributed by atoms with Gasteiger partial charge in [0.25, 0.3) is 11.8 Å². The van der Waals surface area contributed by atoms with Crippen LogP contribution in [-0.4, -0.2) is 48.3 Å². The van der Waals surface area contributed by atoms with Crippen molar-refractivity contribution in [1.29, 1.82) is 0 Å². The Morgan fingerprint density at radius 1 is 0.917 bits per heavy atom. The van der Waals surface area contributed by atoms with E-state index in [1.54, 1.807) is 36.0 Å². The molecule has 1 atom stereocenters. The van der Waals surface area contributed by atoms with Crippen LogP contribution in [0.1, 0.15) is 15.9 Å². The van der Waals surface area contributed by atoms with Crippen molar-refractivity contribution in [2.45, 2.75) is 17.5 Å². The normalized spacial score (nSPS) is 11.4. The number of nitrogens with two attached hydrogens (primary N) is 1. The summed E-state index contributed by atoms with van der Waals surface area (Å²) in [4.78, 5) is 37.3. The lowest BCUT2D eigenvalue weighted by molar-refractivity contribution is -0.130. The van der Waals surface area contributed by atoms with Crippen LogP contribution < -0.4 is 27.2 Å². The minimum absolute atomic E-state index is 0.135. The van der Waals surface area contributed by atoms with Gasteiger partial charge in [-0.3, -0.25) is 19.6 Å². The Balaban J connectivity index is 1.50. The van der Waals surface area contributed by atoms with Gasteiger partial charge in [-0.2, -0.15) is 0 Å². The second-order valence-electron chi connectivity index (χ2n) is 7.89. The molecule has 0 heterocycles. The standard InChI is InChI=1S/C26H29N5O4S/c1-36-22-12-2-17(3-13-22)15-28-16-24(32)29-21-10-8-19(9-11-21)18-4-6-20(7-5-18)25(33)30-23(14-27)26(34)31-35/h2-13,23,28,35H,14-16,27H2,1H3,(H,29,32)(H,30,33)(H,31,34)/t23-/m0/s1. The van der Waals surface area contributed by atoms with Gasteiger partial charge in [-0.05, 0) is 59.3 Å². The Hall–Kier alpha value is -3.70. The minimum Gasteiger partial charge on any atom is -0.339 e. The first-order valence-electron chi connectivity index (χ1n) is 11.2. The van der Waals surface area contributed by atoms with Gasteiger partial charge in [-0.15, -0.1) is 11.8 Å². The SMILES string of the molecule is CSc1ccc(CNCC(=O)Nc2ccc(-c3ccc(C(=O)N[C@@H](CN)C(=O)NO)cc3)cc2)cc1. The number of hydrogen-bond donors (Lipinski definition) is 6. The van der Waals surface area contributed by atoms with Crippen LogP contribution in [0.25, 0.3) is 11.1 Å². The topological polar surface area (TPSA) is 146 Å². The Morgan fingerprint density at radius 2 is 1.53 bits per heavy atom. The molecule has 36 heavy (non-hydrogen) atoms. The molecule has 0 aliphatic heterocycles. The van der Waals surface area contributed by atoms with Crippen molar-refractivity contribution in [3.05, 3.63) is 83.9 Å². The van der Waals surface area contributed by atoms with Crippen LogP contribution in [0, 0.1) is 0 Å². The number of amides is 3. The maximum atomic E-state index is 12.3. The summed E-state index contributed by atoms with van der Waals surface area (Å²) in [7, 11) is 0. The summed E-state index contributed by atoms with van der Waals surface area (Å²) in [6.07, 6.45) is 2.03. The van der Waals surface area contributed by atoms with E-state index in [9.17, 15) is 14.4 Å². The minimum atomic E-state index is -1.04. The highest BCUT2D eigenvalue weighted by Gasteiger charge is 2.19. The molecule has 0 saturated carbocycles. The molecule has 0 aliphatic carbocycles. The predicted octanol–water partition coefficient (Wildman–Crippen LogP) is 2.37. The van der Waals surface area contributed by atoms with Crippen LogP contribution in [0.15, 0.2) is 77.7 Å². The molecular weight excluding hydrogens is 478 g/mol. The fraction of sp³-hybridized carbons (Fsp3) is 0.192. The first kappa shape index (κ1) is 26.9. The number of thioether (sulfide) groups is 1. The van der Waals surface area contributed by atoms with Crippen LogP contribution in [0.2, 0.25) is 0 Å². The number of anilines is 1. The number of rotatable bonds is 11. The zero-order chi connectivity index (χ0) is 25.9. The lowest BCUT2D eigenvalue weighted by Crippen LogP contribution is -2.50. The largest absolute Gasteiger partial charge is 0.339 e. The molecule has 10 heteroatoms. The number of carbonyl (C=O) groups excluding carboxylic acids is 3. The van der Waals surface area contributed by atoms with E-state index in [-0.39, 0.29) is 19.0 Å². The molecular formula is C26H29N5O4S. The smallest absolute Gasteiger partial charge is 0.267 e. The first-order valence-corrected chi connectivity index (χ1v) is 12.4. The third kappa shape index (κ3) is 7.65. The van der Waals surface area contributed by atoms with Gasteiger partial charge in [-0.25, -0.2) is 5.48 Å². The van der Waals surface area contributed by atoms with Crippen molar-refractivity contribution in [1.82, 2.24) is 16.1 Å². The lowest BCUT2D eigenvalue weighted by Gasteiger charge is -2.14. The molecule has 3 amide bonds. The lowest BCUT2D eigenvalue weighted by atomic mass is 10.0. The number of benzene rings is 3. The van der Waals surface area contributed by atoms with E-state index < -0.39 is 17.9 Å². The summed E-state index contributed by atoms with van der Waals surface area (Å²) < 4.78 is 0. The number of carbonyl (C=O) groups is 3. The quantitative estimate of drug-likeness (QED) is 0.133. The summed E-state index contributed by atoms with van der Waals surface area (Å²) >= 11 is 1.69. The maximum absolute atomic E-state index is 12.3. The van der Waals surface area contributed by atoms with Gasteiger partial charge in [0.15, 0.2) is 0 Å². The van der Waals surface area contributed by atoms with Crippen LogP contribution in [0.3, 0.4) is 0 Å². The molecule has 0 radical (unpaired) electrons. The Kier molecular flexibility index (Phi) is 10.0. The van der Waals surface area contributed by atoms with Crippen molar-refractivity contribution in [3.8, 4) is 11.1 Å². The Bertz CT molecular complexity index is 1170. The van der Waals surface area contributed by atoms with E-state index in [1.165, 1.54) is 10.4 Å². The molecule has 3 aromatic rings. The van der Waals surface area contributed by atoms with Gasteiger partial charge in [0.2, 0.25) is 5.91 Å². The summed E-state index contributed by atoms with van der Waals surface area (Å²) in [6, 6.07) is 21.4. The highest BCUT2D eigenvalue weighted by molar-refractivity contribution is 7.98. The third-order valence-corrected chi connectivity index (χ3v) is 6.13. The highest BCUT2D eigenvalue weighted by atomic mass is 32.2. The molecule has 9 nitrogen and oxygen atoms in total. The molecule has 0 aliphatic rings. The van der Waals surface area contributed by atoms with E-state index in [1.807, 2.05) is 42.7 Å². The molecule has 188 valence electrons. The molecule has 0 fully saturated rings. The fourth-order valence-electron chi connectivity index (χ4n) is 3.38. The van der Waals surface area contributed by atoms with Crippen molar-refractivity contribution in [2.24, 2.45) is 5.73 Å². The molecule has 7 N–H and O–H groups in total. The second-order valence-corrected chi connectivity index (χ2v) is 8.77. The number of nitrogens with one attached hydrogen (secondary N) is 4. The zero-order valence-corrected chi connectivity index (χ0v) is 20.6.